The highest BCUT2D eigenvalue weighted by Gasteiger charge is 2.13. The van der Waals surface area contributed by atoms with E-state index in [1.165, 1.54) is 0 Å². The van der Waals surface area contributed by atoms with Gasteiger partial charge in [0.05, 0.1) is 0 Å². The van der Waals surface area contributed by atoms with Gasteiger partial charge in [-0.2, -0.15) is 4.98 Å². The van der Waals surface area contributed by atoms with Crippen LogP contribution in [0.2, 0.25) is 0 Å². The topological polar surface area (TPSA) is 57.4 Å². The van der Waals surface area contributed by atoms with Crippen LogP contribution in [0.5, 0.6) is 11.8 Å². The Hall–Kier alpha value is -3.79. The second-order valence-corrected chi connectivity index (χ2v) is 7.13. The predicted octanol–water partition coefficient (Wildman–Crippen LogP) is 5.80. The van der Waals surface area contributed by atoms with Gasteiger partial charge >= 0.3 is 0 Å². The molecule has 4 rings (SSSR count). The molecule has 0 saturated carbocycles. The Labute approximate surface area is 176 Å². The van der Waals surface area contributed by atoms with Crippen molar-refractivity contribution in [3.8, 4) is 22.9 Å². The van der Waals surface area contributed by atoms with E-state index in [4.69, 9.17) is 15.2 Å². The van der Waals surface area contributed by atoms with Crippen molar-refractivity contribution in [2.45, 2.75) is 20.1 Å². The third-order valence-corrected chi connectivity index (χ3v) is 4.82. The first-order valence-electron chi connectivity index (χ1n) is 9.90. The fraction of sp³-hybridized carbons (Fsp3) is 0.115. The Kier molecular flexibility index (Phi) is 5.95. The zero-order chi connectivity index (χ0) is 20.8. The molecular weight excluding hydrogens is 372 g/mol. The maximum Gasteiger partial charge on any atom is 0.225 e. The summed E-state index contributed by atoms with van der Waals surface area (Å²) in [5, 5.41) is 0. The molecule has 0 bridgehead atoms. The van der Waals surface area contributed by atoms with Crippen LogP contribution >= 0.6 is 0 Å². The van der Waals surface area contributed by atoms with E-state index in [-0.39, 0.29) is 0 Å². The zero-order valence-corrected chi connectivity index (χ0v) is 16.9. The minimum atomic E-state index is 0.428. The van der Waals surface area contributed by atoms with Crippen LogP contribution in [-0.4, -0.2) is 4.98 Å². The van der Waals surface area contributed by atoms with Crippen molar-refractivity contribution in [3.05, 3.63) is 108 Å². The smallest absolute Gasteiger partial charge is 0.225 e. The van der Waals surface area contributed by atoms with Crippen molar-refractivity contribution in [1.29, 1.82) is 0 Å². The van der Waals surface area contributed by atoms with Gasteiger partial charge in [0.2, 0.25) is 11.8 Å². The Morgan fingerprint density at radius 1 is 0.700 bits per heavy atom. The highest BCUT2D eigenvalue weighted by molar-refractivity contribution is 5.73. The van der Waals surface area contributed by atoms with Gasteiger partial charge in [-0.3, -0.25) is 0 Å². The molecule has 0 fully saturated rings. The van der Waals surface area contributed by atoms with E-state index >= 15 is 0 Å². The molecule has 0 radical (unpaired) electrons. The fourth-order valence-corrected chi connectivity index (χ4v) is 3.27. The summed E-state index contributed by atoms with van der Waals surface area (Å²) in [6.07, 6.45) is 0. The third kappa shape index (κ3) is 4.78. The van der Waals surface area contributed by atoms with E-state index in [2.05, 4.69) is 4.98 Å². The highest BCUT2D eigenvalue weighted by atomic mass is 16.5. The molecule has 4 heteroatoms. The zero-order valence-electron chi connectivity index (χ0n) is 16.9. The van der Waals surface area contributed by atoms with E-state index in [0.29, 0.717) is 25.0 Å². The van der Waals surface area contributed by atoms with E-state index in [1.54, 1.807) is 0 Å². The summed E-state index contributed by atoms with van der Waals surface area (Å²) in [6.45, 7) is 2.91. The molecule has 1 heterocycles. The number of benzene rings is 3. The first-order valence-corrected chi connectivity index (χ1v) is 9.90. The normalized spacial score (nSPS) is 10.6. The lowest BCUT2D eigenvalue weighted by Crippen LogP contribution is -2.03. The number of aryl methyl sites for hydroxylation is 1. The van der Waals surface area contributed by atoms with Crippen molar-refractivity contribution in [3.63, 3.8) is 0 Å². The number of nitrogens with two attached hydrogens (primary N) is 1. The SMILES string of the molecule is Cc1cc(N)ccc1-c1ccc(OCc2ccccc2)nc1OCc1ccccc1. The quantitative estimate of drug-likeness (QED) is 0.401. The largest absolute Gasteiger partial charge is 0.473 e. The van der Waals surface area contributed by atoms with Crippen LogP contribution in [0, 0.1) is 6.92 Å². The maximum atomic E-state index is 6.13. The first kappa shape index (κ1) is 19.5. The Morgan fingerprint density at radius 3 is 1.93 bits per heavy atom. The van der Waals surface area contributed by atoms with E-state index in [0.717, 1.165) is 33.5 Å². The summed E-state index contributed by atoms with van der Waals surface area (Å²) in [4.78, 5) is 4.67. The van der Waals surface area contributed by atoms with E-state index in [1.807, 2.05) is 97.9 Å². The molecule has 0 aliphatic heterocycles. The number of anilines is 1. The highest BCUT2D eigenvalue weighted by Crippen LogP contribution is 2.34. The monoisotopic (exact) mass is 396 g/mol. The van der Waals surface area contributed by atoms with Gasteiger partial charge in [-0.25, -0.2) is 0 Å². The summed E-state index contributed by atoms with van der Waals surface area (Å²) in [5.41, 5.74) is 11.8. The number of aromatic nitrogens is 1. The molecule has 4 aromatic rings. The van der Waals surface area contributed by atoms with Gasteiger partial charge in [-0.1, -0.05) is 66.7 Å². The van der Waals surface area contributed by atoms with Crippen LogP contribution in [0.1, 0.15) is 16.7 Å². The van der Waals surface area contributed by atoms with Crippen LogP contribution in [-0.2, 0) is 13.2 Å². The molecule has 30 heavy (non-hydrogen) atoms. The molecule has 1 aromatic heterocycles. The van der Waals surface area contributed by atoms with Crippen LogP contribution in [0.25, 0.3) is 11.1 Å². The molecular formula is C26H24N2O2. The Bertz CT molecular complexity index is 1110. The second kappa shape index (κ2) is 9.14. The Morgan fingerprint density at radius 2 is 1.30 bits per heavy atom. The number of hydrogen-bond donors (Lipinski definition) is 1. The van der Waals surface area contributed by atoms with Crippen molar-refractivity contribution in [2.24, 2.45) is 0 Å². The van der Waals surface area contributed by atoms with Crippen LogP contribution < -0.4 is 15.2 Å². The lowest BCUT2D eigenvalue weighted by atomic mass is 10.0. The van der Waals surface area contributed by atoms with Gasteiger partial charge in [0.15, 0.2) is 0 Å². The van der Waals surface area contributed by atoms with Crippen molar-refractivity contribution in [2.75, 3.05) is 5.73 Å². The lowest BCUT2D eigenvalue weighted by molar-refractivity contribution is 0.268. The average molecular weight is 396 g/mol. The number of nitrogen functional groups attached to an aromatic ring is 1. The van der Waals surface area contributed by atoms with Crippen LogP contribution in [0.4, 0.5) is 5.69 Å². The van der Waals surface area contributed by atoms with Gasteiger partial charge in [0.1, 0.15) is 13.2 Å². The third-order valence-electron chi connectivity index (χ3n) is 4.82. The Balaban J connectivity index is 1.62. The van der Waals surface area contributed by atoms with Gasteiger partial charge in [0.25, 0.3) is 0 Å². The minimum absolute atomic E-state index is 0.428. The molecule has 0 saturated heterocycles. The maximum absolute atomic E-state index is 6.13. The summed E-state index contributed by atoms with van der Waals surface area (Å²) in [6, 6.07) is 29.8. The van der Waals surface area contributed by atoms with Crippen molar-refractivity contribution >= 4 is 5.69 Å². The second-order valence-electron chi connectivity index (χ2n) is 7.13. The van der Waals surface area contributed by atoms with Gasteiger partial charge in [-0.15, -0.1) is 0 Å². The molecule has 4 nitrogen and oxygen atoms in total. The molecule has 150 valence electrons. The summed E-state index contributed by atoms with van der Waals surface area (Å²) >= 11 is 0. The summed E-state index contributed by atoms with van der Waals surface area (Å²) in [5.74, 6) is 1.07. The van der Waals surface area contributed by atoms with Gasteiger partial charge in [-0.05, 0) is 47.4 Å². The number of pyridine rings is 1. The van der Waals surface area contributed by atoms with Crippen molar-refractivity contribution in [1.82, 2.24) is 4.98 Å². The average Bonchev–Trinajstić information content (AvgIpc) is 2.78. The lowest BCUT2D eigenvalue weighted by Gasteiger charge is -2.15. The van der Waals surface area contributed by atoms with Gasteiger partial charge < -0.3 is 15.2 Å². The molecule has 0 aliphatic carbocycles. The molecule has 2 N–H and O–H groups in total. The summed E-state index contributed by atoms with van der Waals surface area (Å²) < 4.78 is 12.0. The number of ether oxygens (including phenoxy) is 2. The minimum Gasteiger partial charge on any atom is -0.473 e. The molecule has 3 aromatic carbocycles. The first-order chi connectivity index (χ1) is 14.7. The predicted molar refractivity (Wildman–Crippen MR) is 120 cm³/mol. The van der Waals surface area contributed by atoms with Crippen LogP contribution in [0.3, 0.4) is 0 Å². The number of nitrogens with zero attached hydrogens (tertiary/aromatic N) is 1. The molecule has 0 aliphatic rings. The molecule has 0 unspecified atom stereocenters. The number of hydrogen-bond acceptors (Lipinski definition) is 4. The molecule has 0 spiro atoms. The van der Waals surface area contributed by atoms with Gasteiger partial charge in [0, 0.05) is 17.3 Å². The van der Waals surface area contributed by atoms with Crippen LogP contribution in [0.15, 0.2) is 91.0 Å². The fourth-order valence-electron chi connectivity index (χ4n) is 3.27. The molecule has 0 amide bonds. The number of rotatable bonds is 7. The summed E-state index contributed by atoms with van der Waals surface area (Å²) in [7, 11) is 0. The van der Waals surface area contributed by atoms with Crippen molar-refractivity contribution < 1.29 is 9.47 Å². The molecule has 0 atom stereocenters. The van der Waals surface area contributed by atoms with E-state index < -0.39 is 0 Å². The standard InChI is InChI=1S/C26H24N2O2/c1-19-16-22(27)12-13-23(19)24-14-15-25(29-17-20-8-4-2-5-9-20)28-26(24)30-18-21-10-6-3-7-11-21/h2-16H,17-18,27H2,1H3. The van der Waals surface area contributed by atoms with E-state index in [9.17, 15) is 0 Å².